The van der Waals surface area contributed by atoms with Gasteiger partial charge in [-0.25, -0.2) is 13.2 Å². The number of benzene rings is 2. The van der Waals surface area contributed by atoms with Crippen molar-refractivity contribution in [2.75, 3.05) is 5.32 Å². The van der Waals surface area contributed by atoms with E-state index in [0.717, 1.165) is 6.07 Å². The van der Waals surface area contributed by atoms with Gasteiger partial charge in [-0.2, -0.15) is 0 Å². The average molecular weight is 251 g/mol. The number of hydrogen-bond donors (Lipinski definition) is 1. The van der Waals surface area contributed by atoms with Gasteiger partial charge in [-0.3, -0.25) is 0 Å². The van der Waals surface area contributed by atoms with Crippen LogP contribution >= 0.6 is 0 Å². The van der Waals surface area contributed by atoms with Crippen molar-refractivity contribution in [1.29, 1.82) is 0 Å². The third-order valence-corrected chi connectivity index (χ3v) is 2.59. The SMILES string of the molecule is CC(Nc1cc(F)cc(F)c1)c1cccc(F)c1. The van der Waals surface area contributed by atoms with E-state index in [0.29, 0.717) is 11.3 Å². The molecule has 2 aromatic carbocycles. The van der Waals surface area contributed by atoms with Crippen LogP contribution in [0.5, 0.6) is 0 Å². The molecule has 0 saturated carbocycles. The predicted octanol–water partition coefficient (Wildman–Crippen LogP) is 4.28. The van der Waals surface area contributed by atoms with Crippen molar-refractivity contribution in [2.45, 2.75) is 13.0 Å². The molecule has 4 heteroatoms. The van der Waals surface area contributed by atoms with E-state index in [4.69, 9.17) is 0 Å². The molecule has 1 atom stereocenters. The van der Waals surface area contributed by atoms with Crippen molar-refractivity contribution in [2.24, 2.45) is 0 Å². The molecule has 0 aliphatic carbocycles. The summed E-state index contributed by atoms with van der Waals surface area (Å²) in [5.74, 6) is -1.64. The highest BCUT2D eigenvalue weighted by molar-refractivity contribution is 5.46. The third-order valence-electron chi connectivity index (χ3n) is 2.59. The second-order valence-corrected chi connectivity index (χ2v) is 4.08. The number of anilines is 1. The van der Waals surface area contributed by atoms with Crippen LogP contribution in [0, 0.1) is 17.5 Å². The molecule has 1 unspecified atom stereocenters. The summed E-state index contributed by atoms with van der Waals surface area (Å²) in [5.41, 5.74) is 1.03. The van der Waals surface area contributed by atoms with Crippen LogP contribution in [0.3, 0.4) is 0 Å². The van der Waals surface area contributed by atoms with Crippen LogP contribution in [-0.4, -0.2) is 0 Å². The van der Waals surface area contributed by atoms with Crippen LogP contribution in [0.1, 0.15) is 18.5 Å². The van der Waals surface area contributed by atoms with E-state index < -0.39 is 11.6 Å². The lowest BCUT2D eigenvalue weighted by Crippen LogP contribution is -2.07. The summed E-state index contributed by atoms with van der Waals surface area (Å²) >= 11 is 0. The smallest absolute Gasteiger partial charge is 0.128 e. The molecule has 2 aromatic rings. The van der Waals surface area contributed by atoms with Crippen molar-refractivity contribution < 1.29 is 13.2 Å². The second kappa shape index (κ2) is 5.12. The predicted molar refractivity (Wildman–Crippen MR) is 64.8 cm³/mol. The Hall–Kier alpha value is -1.97. The minimum Gasteiger partial charge on any atom is -0.378 e. The Labute approximate surface area is 103 Å². The van der Waals surface area contributed by atoms with Gasteiger partial charge in [0.15, 0.2) is 0 Å². The van der Waals surface area contributed by atoms with Crippen LogP contribution < -0.4 is 5.32 Å². The molecule has 1 nitrogen and oxygen atoms in total. The number of rotatable bonds is 3. The minimum atomic E-state index is -0.649. The van der Waals surface area contributed by atoms with Crippen molar-refractivity contribution >= 4 is 5.69 Å². The molecule has 0 amide bonds. The van der Waals surface area contributed by atoms with Crippen LogP contribution in [-0.2, 0) is 0 Å². The second-order valence-electron chi connectivity index (χ2n) is 4.08. The van der Waals surface area contributed by atoms with E-state index in [1.807, 2.05) is 0 Å². The van der Waals surface area contributed by atoms with E-state index in [9.17, 15) is 13.2 Å². The summed E-state index contributed by atoms with van der Waals surface area (Å²) in [5, 5.41) is 2.92. The maximum Gasteiger partial charge on any atom is 0.128 e. The first kappa shape index (κ1) is 12.5. The average Bonchev–Trinajstić information content (AvgIpc) is 2.27. The normalized spacial score (nSPS) is 12.2. The first-order chi connectivity index (χ1) is 8.54. The van der Waals surface area contributed by atoms with E-state index in [1.54, 1.807) is 19.1 Å². The Bertz CT molecular complexity index is 534. The summed E-state index contributed by atoms with van der Waals surface area (Å²) in [4.78, 5) is 0. The Kier molecular flexibility index (Phi) is 3.55. The van der Waals surface area contributed by atoms with E-state index in [2.05, 4.69) is 5.32 Å². The summed E-state index contributed by atoms with van der Waals surface area (Å²) in [7, 11) is 0. The molecular formula is C14H12F3N. The molecule has 0 aliphatic rings. The molecule has 1 N–H and O–H groups in total. The number of halogens is 3. The van der Waals surface area contributed by atoms with Crippen molar-refractivity contribution in [3.63, 3.8) is 0 Å². The summed E-state index contributed by atoms with van der Waals surface area (Å²) in [6.07, 6.45) is 0. The maximum absolute atomic E-state index is 13.0. The molecule has 0 aliphatic heterocycles. The highest BCUT2D eigenvalue weighted by Crippen LogP contribution is 2.21. The van der Waals surface area contributed by atoms with Crippen LogP contribution in [0.4, 0.5) is 18.9 Å². The first-order valence-corrected chi connectivity index (χ1v) is 5.53. The Morgan fingerprint density at radius 1 is 0.889 bits per heavy atom. The zero-order chi connectivity index (χ0) is 13.1. The molecule has 2 rings (SSSR count). The summed E-state index contributed by atoms with van der Waals surface area (Å²) < 4.78 is 39.1. The van der Waals surface area contributed by atoms with Crippen molar-refractivity contribution in [1.82, 2.24) is 0 Å². The lowest BCUT2D eigenvalue weighted by Gasteiger charge is -2.16. The van der Waals surface area contributed by atoms with Crippen LogP contribution in [0.15, 0.2) is 42.5 Å². The van der Waals surface area contributed by atoms with E-state index >= 15 is 0 Å². The highest BCUT2D eigenvalue weighted by atomic mass is 19.1. The van der Waals surface area contributed by atoms with Crippen molar-refractivity contribution in [3.05, 3.63) is 65.5 Å². The molecule has 94 valence electrons. The van der Waals surface area contributed by atoms with Gasteiger partial charge in [-0.1, -0.05) is 12.1 Å². The van der Waals surface area contributed by atoms with Gasteiger partial charge in [0.1, 0.15) is 17.5 Å². The first-order valence-electron chi connectivity index (χ1n) is 5.53. The maximum atomic E-state index is 13.0. The fourth-order valence-corrected chi connectivity index (χ4v) is 1.75. The molecule has 0 saturated heterocycles. The van der Waals surface area contributed by atoms with Crippen molar-refractivity contribution in [3.8, 4) is 0 Å². The standard InChI is InChI=1S/C14H12F3N/c1-9(10-3-2-4-11(15)5-10)18-14-7-12(16)6-13(17)8-14/h2-9,18H,1H3. The van der Waals surface area contributed by atoms with Crippen LogP contribution in [0.25, 0.3) is 0 Å². The third kappa shape index (κ3) is 3.03. The molecule has 0 heterocycles. The fraction of sp³-hybridized carbons (Fsp3) is 0.143. The molecule has 0 fully saturated rings. The van der Waals surface area contributed by atoms with Gasteiger partial charge in [0.05, 0.1) is 0 Å². The quantitative estimate of drug-likeness (QED) is 0.858. The molecule has 0 radical (unpaired) electrons. The van der Waals surface area contributed by atoms with Gasteiger partial charge in [0.2, 0.25) is 0 Å². The molecule has 0 bridgehead atoms. The van der Waals surface area contributed by atoms with Gasteiger partial charge in [-0.05, 0) is 36.8 Å². The lowest BCUT2D eigenvalue weighted by molar-refractivity contribution is 0.583. The number of hydrogen-bond acceptors (Lipinski definition) is 1. The zero-order valence-corrected chi connectivity index (χ0v) is 9.75. The Morgan fingerprint density at radius 3 is 2.17 bits per heavy atom. The monoisotopic (exact) mass is 251 g/mol. The van der Waals surface area contributed by atoms with Gasteiger partial charge in [-0.15, -0.1) is 0 Å². The van der Waals surface area contributed by atoms with E-state index in [-0.39, 0.29) is 11.9 Å². The summed E-state index contributed by atoms with van der Waals surface area (Å²) in [6.45, 7) is 1.79. The minimum absolute atomic E-state index is 0.248. The van der Waals surface area contributed by atoms with Gasteiger partial charge >= 0.3 is 0 Å². The Balaban J connectivity index is 2.18. The lowest BCUT2D eigenvalue weighted by atomic mass is 10.1. The topological polar surface area (TPSA) is 12.0 Å². The highest BCUT2D eigenvalue weighted by Gasteiger charge is 2.07. The summed E-state index contributed by atoms with van der Waals surface area (Å²) in [6, 6.07) is 9.01. The number of nitrogens with one attached hydrogen (secondary N) is 1. The molecule has 18 heavy (non-hydrogen) atoms. The largest absolute Gasteiger partial charge is 0.378 e. The van der Waals surface area contributed by atoms with Gasteiger partial charge in [0.25, 0.3) is 0 Å². The van der Waals surface area contributed by atoms with Gasteiger partial charge in [0, 0.05) is 17.8 Å². The zero-order valence-electron chi connectivity index (χ0n) is 9.75. The van der Waals surface area contributed by atoms with E-state index in [1.165, 1.54) is 24.3 Å². The molecule has 0 spiro atoms. The molecule has 0 aromatic heterocycles. The van der Waals surface area contributed by atoms with Crippen LogP contribution in [0.2, 0.25) is 0 Å². The fourth-order valence-electron chi connectivity index (χ4n) is 1.75. The Morgan fingerprint density at radius 2 is 1.56 bits per heavy atom. The molecular weight excluding hydrogens is 239 g/mol. The van der Waals surface area contributed by atoms with Gasteiger partial charge < -0.3 is 5.32 Å².